The van der Waals surface area contributed by atoms with Crippen molar-refractivity contribution >= 4 is 23.0 Å². The molecule has 0 saturated heterocycles. The van der Waals surface area contributed by atoms with E-state index >= 15 is 0 Å². The molecule has 9 heteroatoms. The Morgan fingerprint density at radius 1 is 1.22 bits per heavy atom. The number of benzene rings is 2. The normalized spacial score (nSPS) is 12.8. The third-order valence-electron chi connectivity index (χ3n) is 3.68. The van der Waals surface area contributed by atoms with Gasteiger partial charge in [-0.2, -0.15) is 10.4 Å². The van der Waals surface area contributed by atoms with Crippen molar-refractivity contribution in [3.05, 3.63) is 53.3 Å². The summed E-state index contributed by atoms with van der Waals surface area (Å²) in [7, 11) is 0. The molecule has 2 aromatic carbocycles. The van der Waals surface area contributed by atoms with Crippen molar-refractivity contribution in [2.24, 2.45) is 10.8 Å². The number of anilines is 1. The Morgan fingerprint density at radius 2 is 1.85 bits per heavy atom. The van der Waals surface area contributed by atoms with E-state index in [2.05, 4.69) is 10.5 Å². The van der Waals surface area contributed by atoms with E-state index in [0.29, 0.717) is 24.7 Å². The van der Waals surface area contributed by atoms with Crippen LogP contribution in [0.25, 0.3) is 0 Å². The number of nitrogens with zero attached hydrogens (tertiary/aromatic N) is 2. The molecule has 0 saturated carbocycles. The zero-order chi connectivity index (χ0) is 19.4. The summed E-state index contributed by atoms with van der Waals surface area (Å²) in [5.41, 5.74) is 8.16. The summed E-state index contributed by atoms with van der Waals surface area (Å²) in [6.45, 7) is 0.683. The first-order valence-corrected chi connectivity index (χ1v) is 7.81. The number of nitrogens with one attached hydrogen (secondary N) is 2. The van der Waals surface area contributed by atoms with E-state index in [1.807, 2.05) is 0 Å². The van der Waals surface area contributed by atoms with Crippen molar-refractivity contribution in [2.45, 2.75) is 0 Å². The molecule has 8 nitrogen and oxygen atoms in total. The van der Waals surface area contributed by atoms with Gasteiger partial charge in [-0.15, -0.1) is 0 Å². The van der Waals surface area contributed by atoms with Crippen LogP contribution in [0.15, 0.2) is 41.5 Å². The molecule has 0 fully saturated rings. The number of hydrogen-bond donors (Lipinski definition) is 3. The number of carbonyl (C=O) groups excluding carboxylic acids is 1. The Morgan fingerprint density at radius 3 is 2.44 bits per heavy atom. The quantitative estimate of drug-likeness (QED) is 0.320. The largest absolute Gasteiger partial charge is 0.486 e. The number of ketones is 1. The molecule has 1 heterocycles. The van der Waals surface area contributed by atoms with Crippen molar-refractivity contribution < 1.29 is 18.7 Å². The first kappa shape index (κ1) is 17.9. The monoisotopic (exact) mass is 367 g/mol. The Balaban J connectivity index is 2.05. The molecule has 136 valence electrons. The smallest absolute Gasteiger partial charge is 0.201 e. The van der Waals surface area contributed by atoms with Crippen molar-refractivity contribution in [1.82, 2.24) is 0 Å². The van der Waals surface area contributed by atoms with Gasteiger partial charge >= 0.3 is 0 Å². The number of hydrazone groups is 1. The van der Waals surface area contributed by atoms with Crippen LogP contribution in [0.3, 0.4) is 0 Å². The second kappa shape index (κ2) is 7.53. The predicted molar refractivity (Wildman–Crippen MR) is 95.8 cm³/mol. The number of halogens is 1. The SMILES string of the molecule is N#C/C(=N\Nc1cc2c(cc1C(=O)c1ccc(F)cc1)OCCO2)C(=N)N. The van der Waals surface area contributed by atoms with E-state index in [1.54, 1.807) is 6.07 Å². The molecule has 0 bridgehead atoms. The minimum Gasteiger partial charge on any atom is -0.486 e. The molecule has 0 radical (unpaired) electrons. The highest BCUT2D eigenvalue weighted by Crippen LogP contribution is 2.36. The second-order valence-electron chi connectivity index (χ2n) is 5.48. The fraction of sp³-hybridized carbons (Fsp3) is 0.111. The van der Waals surface area contributed by atoms with Crippen LogP contribution in [-0.2, 0) is 0 Å². The summed E-state index contributed by atoms with van der Waals surface area (Å²) in [6, 6.07) is 9.74. The summed E-state index contributed by atoms with van der Waals surface area (Å²) in [6.07, 6.45) is 0. The summed E-state index contributed by atoms with van der Waals surface area (Å²) < 4.78 is 24.1. The molecule has 0 spiro atoms. The Kier molecular flexibility index (Phi) is 4.99. The van der Waals surface area contributed by atoms with Crippen LogP contribution in [0.5, 0.6) is 11.5 Å². The highest BCUT2D eigenvalue weighted by atomic mass is 19.1. The number of hydrogen-bond acceptors (Lipinski definition) is 7. The molecule has 2 aromatic rings. The van der Waals surface area contributed by atoms with E-state index < -0.39 is 17.4 Å². The van der Waals surface area contributed by atoms with E-state index in [1.165, 1.54) is 36.4 Å². The molecule has 3 rings (SSSR count). The molecule has 1 aliphatic heterocycles. The van der Waals surface area contributed by atoms with Crippen LogP contribution in [0.1, 0.15) is 15.9 Å². The van der Waals surface area contributed by atoms with Gasteiger partial charge in [-0.3, -0.25) is 15.6 Å². The maximum absolute atomic E-state index is 13.1. The Labute approximate surface area is 153 Å². The third-order valence-corrected chi connectivity index (χ3v) is 3.68. The molecular weight excluding hydrogens is 353 g/mol. The van der Waals surface area contributed by atoms with Crippen LogP contribution in [0.4, 0.5) is 10.1 Å². The molecule has 1 aliphatic rings. The van der Waals surface area contributed by atoms with Crippen LogP contribution in [0.2, 0.25) is 0 Å². The van der Waals surface area contributed by atoms with Gasteiger partial charge in [0.15, 0.2) is 23.1 Å². The lowest BCUT2D eigenvalue weighted by Crippen LogP contribution is -2.22. The van der Waals surface area contributed by atoms with Crippen molar-refractivity contribution in [3.8, 4) is 17.6 Å². The highest BCUT2D eigenvalue weighted by Gasteiger charge is 2.21. The number of nitrogens with two attached hydrogens (primary N) is 1. The van der Waals surface area contributed by atoms with Gasteiger partial charge in [0.2, 0.25) is 5.71 Å². The first-order chi connectivity index (χ1) is 13.0. The van der Waals surface area contributed by atoms with Gasteiger partial charge in [0.05, 0.1) is 11.3 Å². The number of fused-ring (bicyclic) bond motifs is 1. The van der Waals surface area contributed by atoms with E-state index in [9.17, 15) is 9.18 Å². The van der Waals surface area contributed by atoms with Gasteiger partial charge in [-0.25, -0.2) is 4.39 Å². The molecule has 0 unspecified atom stereocenters. The van der Waals surface area contributed by atoms with Crippen LogP contribution >= 0.6 is 0 Å². The van der Waals surface area contributed by atoms with Crippen molar-refractivity contribution in [2.75, 3.05) is 18.6 Å². The lowest BCUT2D eigenvalue weighted by atomic mass is 10.0. The lowest BCUT2D eigenvalue weighted by molar-refractivity contribution is 0.103. The fourth-order valence-corrected chi connectivity index (χ4v) is 2.39. The van der Waals surface area contributed by atoms with Gasteiger partial charge < -0.3 is 15.2 Å². The van der Waals surface area contributed by atoms with Crippen LogP contribution in [-0.4, -0.2) is 30.5 Å². The summed E-state index contributed by atoms with van der Waals surface area (Å²) in [4.78, 5) is 12.9. The number of amidine groups is 1. The van der Waals surface area contributed by atoms with Crippen LogP contribution < -0.4 is 20.6 Å². The molecular formula is C18H14FN5O3. The zero-order valence-electron chi connectivity index (χ0n) is 14.0. The average molecular weight is 367 g/mol. The summed E-state index contributed by atoms with van der Waals surface area (Å²) >= 11 is 0. The van der Waals surface area contributed by atoms with Gasteiger partial charge in [-0.1, -0.05) is 0 Å². The van der Waals surface area contributed by atoms with E-state index in [4.69, 9.17) is 25.9 Å². The number of carbonyl (C=O) groups is 1. The first-order valence-electron chi connectivity index (χ1n) is 7.81. The second-order valence-corrected chi connectivity index (χ2v) is 5.48. The Bertz CT molecular complexity index is 980. The third kappa shape index (κ3) is 3.85. The average Bonchev–Trinajstić information content (AvgIpc) is 2.67. The Hall–Kier alpha value is -3.93. The molecule has 0 aliphatic carbocycles. The molecule has 0 atom stereocenters. The molecule has 0 amide bonds. The summed E-state index contributed by atoms with van der Waals surface area (Å²) in [5, 5.41) is 20.0. The zero-order valence-corrected chi connectivity index (χ0v) is 14.0. The van der Waals surface area contributed by atoms with E-state index in [-0.39, 0.29) is 22.5 Å². The minimum atomic E-state index is -0.519. The van der Waals surface area contributed by atoms with Gasteiger partial charge in [0.1, 0.15) is 25.1 Å². The number of nitriles is 1. The molecule has 0 aromatic heterocycles. The lowest BCUT2D eigenvalue weighted by Gasteiger charge is -2.20. The van der Waals surface area contributed by atoms with Gasteiger partial charge in [0, 0.05) is 11.6 Å². The van der Waals surface area contributed by atoms with E-state index in [0.717, 1.165) is 0 Å². The van der Waals surface area contributed by atoms with Gasteiger partial charge in [0.25, 0.3) is 0 Å². The van der Waals surface area contributed by atoms with Crippen LogP contribution in [0, 0.1) is 22.6 Å². The maximum Gasteiger partial charge on any atom is 0.201 e. The summed E-state index contributed by atoms with van der Waals surface area (Å²) in [5.74, 6) is -0.610. The molecule has 4 N–H and O–H groups in total. The predicted octanol–water partition coefficient (Wildman–Crippen LogP) is 2.06. The van der Waals surface area contributed by atoms with Crippen molar-refractivity contribution in [1.29, 1.82) is 10.7 Å². The topological polar surface area (TPSA) is 134 Å². The number of ether oxygens (including phenoxy) is 2. The van der Waals surface area contributed by atoms with Gasteiger partial charge in [-0.05, 0) is 30.3 Å². The molecule has 27 heavy (non-hydrogen) atoms. The maximum atomic E-state index is 13.1. The minimum absolute atomic E-state index is 0.176. The van der Waals surface area contributed by atoms with Crippen molar-refractivity contribution in [3.63, 3.8) is 0 Å². The highest BCUT2D eigenvalue weighted by molar-refractivity contribution is 6.45. The standard InChI is InChI=1S/C18H14FN5O3/c19-11-3-1-10(2-4-11)17(25)12-7-15-16(27-6-5-26-15)8-13(12)23-24-14(9-20)18(21)22/h1-4,7-8,23H,5-6H2,(H3,21,22)/b24-14+. The fourth-order valence-electron chi connectivity index (χ4n) is 2.39. The number of rotatable bonds is 5.